The van der Waals surface area contributed by atoms with E-state index < -0.39 is 11.8 Å². The van der Waals surface area contributed by atoms with E-state index in [4.69, 9.17) is 9.47 Å². The van der Waals surface area contributed by atoms with E-state index >= 15 is 0 Å². The summed E-state index contributed by atoms with van der Waals surface area (Å²) < 4.78 is 25.5. The molecule has 0 bridgehead atoms. The van der Waals surface area contributed by atoms with E-state index in [1.54, 1.807) is 6.92 Å². The molecule has 0 spiro atoms. The van der Waals surface area contributed by atoms with Crippen LogP contribution < -0.4 is 9.47 Å². The molecule has 140 valence electrons. The summed E-state index contributed by atoms with van der Waals surface area (Å²) in [5, 5.41) is 9.46. The van der Waals surface area contributed by atoms with Gasteiger partial charge in [0.25, 0.3) is 0 Å². The molecule has 2 heterocycles. The van der Waals surface area contributed by atoms with Crippen LogP contribution in [0.2, 0.25) is 0 Å². The number of ether oxygens (including phenoxy) is 2. The summed E-state index contributed by atoms with van der Waals surface area (Å²) in [6, 6.07) is 2.57. The summed E-state index contributed by atoms with van der Waals surface area (Å²) in [5.74, 6) is -0.460. The lowest BCUT2D eigenvalue weighted by molar-refractivity contribution is 0.0698. The van der Waals surface area contributed by atoms with Gasteiger partial charge in [0.15, 0.2) is 11.5 Å². The van der Waals surface area contributed by atoms with Crippen LogP contribution in [0.4, 0.5) is 4.39 Å². The van der Waals surface area contributed by atoms with Crippen molar-refractivity contribution < 1.29 is 23.8 Å². The van der Waals surface area contributed by atoms with E-state index in [9.17, 15) is 14.3 Å². The number of aryl methyl sites for hydroxylation is 1. The minimum atomic E-state index is -1.09. The average molecular weight is 371 g/mol. The van der Waals surface area contributed by atoms with Crippen molar-refractivity contribution in [3.63, 3.8) is 0 Å². The second kappa shape index (κ2) is 6.53. The number of aromatic nitrogens is 3. The molecule has 0 amide bonds. The number of rotatable bonds is 6. The van der Waals surface area contributed by atoms with Crippen LogP contribution in [0.5, 0.6) is 11.5 Å². The fourth-order valence-electron chi connectivity index (χ4n) is 3.12. The van der Waals surface area contributed by atoms with Crippen LogP contribution in [0, 0.1) is 18.7 Å². The normalized spacial score (nSPS) is 13.7. The van der Waals surface area contributed by atoms with Crippen molar-refractivity contribution in [1.82, 2.24) is 15.0 Å². The van der Waals surface area contributed by atoms with E-state index in [0.29, 0.717) is 40.7 Å². The third-order valence-electron chi connectivity index (χ3n) is 4.64. The van der Waals surface area contributed by atoms with Crippen LogP contribution in [0.1, 0.15) is 28.9 Å². The summed E-state index contributed by atoms with van der Waals surface area (Å²) in [7, 11) is 1.44. The van der Waals surface area contributed by atoms with Crippen LogP contribution in [0.25, 0.3) is 22.3 Å². The number of halogens is 1. The Labute approximate surface area is 154 Å². The molecule has 0 aliphatic heterocycles. The largest absolute Gasteiger partial charge is 0.493 e. The quantitative estimate of drug-likeness (QED) is 0.687. The maximum atomic E-state index is 14.2. The Morgan fingerprint density at radius 2 is 2.15 bits per heavy atom. The van der Waals surface area contributed by atoms with Gasteiger partial charge in [-0.1, -0.05) is 0 Å². The van der Waals surface area contributed by atoms with Crippen LogP contribution in [0.3, 0.4) is 0 Å². The molecule has 2 aromatic heterocycles. The third kappa shape index (κ3) is 3.07. The Hall–Kier alpha value is -3.16. The van der Waals surface area contributed by atoms with Gasteiger partial charge in [0.05, 0.1) is 24.8 Å². The van der Waals surface area contributed by atoms with Crippen LogP contribution in [-0.4, -0.2) is 39.7 Å². The van der Waals surface area contributed by atoms with Gasteiger partial charge in [-0.15, -0.1) is 0 Å². The van der Waals surface area contributed by atoms with Gasteiger partial charge in [0.2, 0.25) is 0 Å². The molecule has 27 heavy (non-hydrogen) atoms. The van der Waals surface area contributed by atoms with Crippen LogP contribution >= 0.6 is 0 Å². The molecule has 1 aliphatic carbocycles. The van der Waals surface area contributed by atoms with Crippen LogP contribution in [-0.2, 0) is 0 Å². The van der Waals surface area contributed by atoms with E-state index in [2.05, 4.69) is 15.0 Å². The summed E-state index contributed by atoms with van der Waals surface area (Å²) in [5.41, 5.74) is 1.94. The van der Waals surface area contributed by atoms with Crippen molar-refractivity contribution in [2.24, 2.45) is 5.92 Å². The van der Waals surface area contributed by atoms with Gasteiger partial charge < -0.3 is 19.6 Å². The lowest BCUT2D eigenvalue weighted by Gasteiger charge is -2.15. The van der Waals surface area contributed by atoms with Crippen molar-refractivity contribution in [3.8, 4) is 22.8 Å². The zero-order chi connectivity index (χ0) is 19.1. The van der Waals surface area contributed by atoms with Crippen molar-refractivity contribution in [3.05, 3.63) is 35.5 Å². The Kier molecular flexibility index (Phi) is 4.18. The molecule has 0 saturated heterocycles. The number of aromatic amines is 1. The highest BCUT2D eigenvalue weighted by molar-refractivity contribution is 6.06. The smallest absolute Gasteiger partial charge is 0.339 e. The van der Waals surface area contributed by atoms with Crippen molar-refractivity contribution in [2.75, 3.05) is 13.7 Å². The van der Waals surface area contributed by atoms with E-state index in [-0.39, 0.29) is 16.8 Å². The number of H-pyrrole nitrogens is 1. The number of hydrogen-bond donors (Lipinski definition) is 2. The van der Waals surface area contributed by atoms with Gasteiger partial charge >= 0.3 is 5.97 Å². The number of hydrogen-bond acceptors (Lipinski definition) is 5. The maximum absolute atomic E-state index is 14.2. The Bertz CT molecular complexity index is 1040. The Balaban J connectivity index is 1.93. The highest BCUT2D eigenvalue weighted by Gasteiger charge is 2.26. The van der Waals surface area contributed by atoms with Gasteiger partial charge in [-0.2, -0.15) is 0 Å². The standard InChI is InChI=1S/C19H18FN3O4/c1-9-14(19(24)25)16-17(23-9)15(21-8-22-16)12-5-11(20)6-13(26-2)18(12)27-7-10-3-4-10/h5-6,8,10,23H,3-4,7H2,1-2H3,(H,24,25). The molecule has 0 radical (unpaired) electrons. The SMILES string of the molecule is COc1cc(F)cc(-c2ncnc3c(C(=O)O)c(C)[nH]c23)c1OCC1CC1. The topological polar surface area (TPSA) is 97.3 Å². The number of carboxylic acid groups (broad SMARTS) is 1. The summed E-state index contributed by atoms with van der Waals surface area (Å²) in [6.07, 6.45) is 3.47. The second-order valence-corrected chi connectivity index (χ2v) is 6.62. The molecule has 0 atom stereocenters. The highest BCUT2D eigenvalue weighted by Crippen LogP contribution is 2.42. The predicted molar refractivity (Wildman–Crippen MR) is 95.8 cm³/mol. The molecule has 4 rings (SSSR count). The van der Waals surface area contributed by atoms with Crippen LogP contribution in [0.15, 0.2) is 18.5 Å². The van der Waals surface area contributed by atoms with Crippen molar-refractivity contribution >= 4 is 17.0 Å². The van der Waals surface area contributed by atoms with E-state index in [1.165, 1.54) is 25.6 Å². The molecule has 1 saturated carbocycles. The first-order chi connectivity index (χ1) is 13.0. The average Bonchev–Trinajstić information content (AvgIpc) is 3.39. The number of methoxy groups -OCH3 is 1. The van der Waals surface area contributed by atoms with E-state index in [1.807, 2.05) is 0 Å². The van der Waals surface area contributed by atoms with Crippen molar-refractivity contribution in [1.29, 1.82) is 0 Å². The highest BCUT2D eigenvalue weighted by atomic mass is 19.1. The fourth-order valence-corrected chi connectivity index (χ4v) is 3.12. The molecule has 3 aromatic rings. The molecule has 1 aliphatic rings. The summed E-state index contributed by atoms with van der Waals surface area (Å²) in [4.78, 5) is 23.0. The molecule has 2 N–H and O–H groups in total. The first-order valence-corrected chi connectivity index (χ1v) is 8.56. The molecular formula is C19H18FN3O4. The zero-order valence-corrected chi connectivity index (χ0v) is 14.9. The number of fused-ring (bicyclic) bond motifs is 1. The third-order valence-corrected chi connectivity index (χ3v) is 4.64. The minimum Gasteiger partial charge on any atom is -0.493 e. The number of nitrogens with zero attached hydrogens (tertiary/aromatic N) is 2. The van der Waals surface area contributed by atoms with Gasteiger partial charge in [-0.3, -0.25) is 0 Å². The lowest BCUT2D eigenvalue weighted by Crippen LogP contribution is -2.04. The number of nitrogens with one attached hydrogen (secondary N) is 1. The van der Waals surface area contributed by atoms with E-state index in [0.717, 1.165) is 12.8 Å². The summed E-state index contributed by atoms with van der Waals surface area (Å²) in [6.45, 7) is 2.15. The fraction of sp³-hybridized carbons (Fsp3) is 0.316. The zero-order valence-electron chi connectivity index (χ0n) is 14.9. The lowest BCUT2D eigenvalue weighted by atomic mass is 10.1. The second-order valence-electron chi connectivity index (χ2n) is 6.62. The number of benzene rings is 1. The molecule has 1 fully saturated rings. The van der Waals surface area contributed by atoms with Gasteiger partial charge in [0, 0.05) is 11.8 Å². The number of carboxylic acids is 1. The first-order valence-electron chi connectivity index (χ1n) is 8.56. The van der Waals surface area contributed by atoms with Crippen molar-refractivity contribution in [2.45, 2.75) is 19.8 Å². The van der Waals surface area contributed by atoms with Gasteiger partial charge in [0.1, 0.15) is 28.9 Å². The van der Waals surface area contributed by atoms with Gasteiger partial charge in [-0.05, 0) is 31.7 Å². The Morgan fingerprint density at radius 3 is 2.81 bits per heavy atom. The number of carbonyl (C=O) groups is 1. The molecular weight excluding hydrogens is 353 g/mol. The molecule has 7 nitrogen and oxygen atoms in total. The monoisotopic (exact) mass is 371 g/mol. The Morgan fingerprint density at radius 1 is 1.37 bits per heavy atom. The number of aromatic carboxylic acids is 1. The molecule has 8 heteroatoms. The minimum absolute atomic E-state index is 0.0671. The molecule has 1 aromatic carbocycles. The maximum Gasteiger partial charge on any atom is 0.339 e. The summed E-state index contributed by atoms with van der Waals surface area (Å²) >= 11 is 0. The predicted octanol–water partition coefficient (Wildman–Crippen LogP) is 3.57. The van der Waals surface area contributed by atoms with Gasteiger partial charge in [-0.25, -0.2) is 19.2 Å². The molecule has 0 unspecified atom stereocenters. The first kappa shape index (κ1) is 17.3.